The van der Waals surface area contributed by atoms with Crippen LogP contribution in [-0.2, 0) is 21.8 Å². The summed E-state index contributed by atoms with van der Waals surface area (Å²) in [4.78, 5) is 3.85. The first-order valence-electron chi connectivity index (χ1n) is 8.51. The number of hydrogen-bond donors (Lipinski definition) is 0. The molecule has 2 nitrogen and oxygen atoms in total. The van der Waals surface area contributed by atoms with Crippen LogP contribution in [0.3, 0.4) is 0 Å². The zero-order valence-electron chi connectivity index (χ0n) is 14.9. The molecule has 3 aliphatic rings. The van der Waals surface area contributed by atoms with E-state index in [0.717, 1.165) is 6.61 Å². The third-order valence-corrected chi connectivity index (χ3v) is 6.85. The average Bonchev–Trinajstić information content (AvgIpc) is 3.27. The molecule has 0 aromatic heterocycles. The normalized spacial score (nSPS) is 26.8. The maximum Gasteiger partial charge on any atom is 2.00 e. The Bertz CT molecular complexity index is 298. The van der Waals surface area contributed by atoms with E-state index in [1.165, 1.54) is 30.5 Å². The van der Waals surface area contributed by atoms with Gasteiger partial charge in [0, 0.05) is 0 Å². The van der Waals surface area contributed by atoms with Crippen LogP contribution < -0.4 is 0 Å². The van der Waals surface area contributed by atoms with Crippen LogP contribution in [0.1, 0.15) is 26.2 Å². The van der Waals surface area contributed by atoms with Crippen LogP contribution in [-0.4, -0.2) is 52.7 Å². The minimum Gasteiger partial charge on any atom is -0.0312 e. The quantitative estimate of drug-likeness (QED) is 0.616. The molecule has 1 heterocycles. The van der Waals surface area contributed by atoms with E-state index in [4.69, 9.17) is 4.74 Å². The summed E-state index contributed by atoms with van der Waals surface area (Å²) in [7, 11) is 4.30. The van der Waals surface area contributed by atoms with Gasteiger partial charge in [-0.25, -0.2) is 0 Å². The fourth-order valence-electron chi connectivity index (χ4n) is 2.61. The van der Waals surface area contributed by atoms with Crippen LogP contribution in [0.5, 0.6) is 0 Å². The summed E-state index contributed by atoms with van der Waals surface area (Å²) < 4.78 is 5.83. The predicted molar refractivity (Wildman–Crippen MR) is 98.2 cm³/mol. The first-order valence-corrected chi connectivity index (χ1v) is 10.6. The minimum atomic E-state index is 0. The van der Waals surface area contributed by atoms with Gasteiger partial charge in [-0.3, -0.25) is 0 Å². The molecule has 2 saturated carbocycles. The molecule has 2 atom stereocenters. The monoisotopic (exact) mass is 435 g/mol. The Balaban J connectivity index is 0.000000412. The Kier molecular flexibility index (Phi) is 12.6. The van der Waals surface area contributed by atoms with Gasteiger partial charge in [-0.1, -0.05) is 0 Å². The van der Waals surface area contributed by atoms with E-state index in [1.807, 2.05) is 32.1 Å². The van der Waals surface area contributed by atoms with Crippen molar-refractivity contribution in [1.82, 2.24) is 4.90 Å². The number of nitrogens with zero attached hydrogens (tertiary/aromatic N) is 1. The van der Waals surface area contributed by atoms with Crippen LogP contribution in [0, 0.1) is 62.1 Å². The minimum absolute atomic E-state index is 0. The number of hydrogen-bond acceptors (Lipinski definition) is 2. The molecule has 0 N–H and O–H groups in total. The standard InChI is InChI=1S/C15H24NOSe.C5H5.Fe/c1-12(16(2)3)14-8-6-9-15(14)18-11-13-7-4-5-10-17-13;1-2-4-5-3-1;/h6,8-9,12-13H,4-5,7,10-11H2,1-3H3;1-5H;/q;;+2/t12-,13-;;/m1../s1. The van der Waals surface area contributed by atoms with Crippen molar-refractivity contribution in [3.05, 3.63) is 62.1 Å². The second kappa shape index (κ2) is 13.2. The van der Waals surface area contributed by atoms with Gasteiger partial charge >= 0.3 is 136 Å². The zero-order valence-corrected chi connectivity index (χ0v) is 17.7. The molecule has 24 heavy (non-hydrogen) atoms. The molecule has 0 amide bonds. The van der Waals surface area contributed by atoms with Gasteiger partial charge in [0.15, 0.2) is 0 Å². The van der Waals surface area contributed by atoms with Gasteiger partial charge in [0.1, 0.15) is 0 Å². The summed E-state index contributed by atoms with van der Waals surface area (Å²) in [5.74, 6) is 1.51. The fraction of sp³-hybridized carbons (Fsp3) is 0.500. The van der Waals surface area contributed by atoms with Crippen molar-refractivity contribution >= 4 is 15.0 Å². The van der Waals surface area contributed by atoms with Crippen LogP contribution in [0.15, 0.2) is 0 Å². The molecule has 0 spiro atoms. The number of rotatable bonds is 5. The average molecular weight is 434 g/mol. The molecule has 1 saturated heterocycles. The van der Waals surface area contributed by atoms with Gasteiger partial charge < -0.3 is 0 Å². The van der Waals surface area contributed by atoms with Gasteiger partial charge in [-0.05, 0) is 32.1 Å². The summed E-state index contributed by atoms with van der Waals surface area (Å²) in [5, 5.41) is 1.24. The van der Waals surface area contributed by atoms with Crippen molar-refractivity contribution in [2.24, 2.45) is 0 Å². The van der Waals surface area contributed by atoms with Crippen molar-refractivity contribution in [2.75, 3.05) is 20.7 Å². The SMILES string of the molecule is C[C@H]([C]1[CH][CH][CH][C]1[Se]C[C@H]1CCCCO1)N(C)C.[CH]1[CH][CH][CH][CH]1.[Fe+2]. The van der Waals surface area contributed by atoms with Crippen LogP contribution in [0.4, 0.5) is 0 Å². The Morgan fingerprint density at radius 1 is 1.08 bits per heavy atom. The molecular formula is C20H29FeNOSe+2. The second-order valence-corrected chi connectivity index (χ2v) is 8.47. The van der Waals surface area contributed by atoms with E-state index in [-0.39, 0.29) is 17.1 Å². The predicted octanol–water partition coefficient (Wildman–Crippen LogP) is 3.38. The largest absolute Gasteiger partial charge is 2.00 e. The van der Waals surface area contributed by atoms with Crippen molar-refractivity contribution < 1.29 is 21.8 Å². The van der Waals surface area contributed by atoms with Crippen molar-refractivity contribution in [3.63, 3.8) is 0 Å². The molecule has 4 heteroatoms. The van der Waals surface area contributed by atoms with E-state index < -0.39 is 0 Å². The Hall–Kier alpha value is 0.959. The topological polar surface area (TPSA) is 12.5 Å². The smallest absolute Gasteiger partial charge is 0.0312 e. The summed E-state index contributed by atoms with van der Waals surface area (Å²) in [6, 6.07) is 0.518. The van der Waals surface area contributed by atoms with Gasteiger partial charge in [-0.2, -0.15) is 0 Å². The van der Waals surface area contributed by atoms with Crippen molar-refractivity contribution in [1.29, 1.82) is 0 Å². The summed E-state index contributed by atoms with van der Waals surface area (Å²) in [6.07, 6.45) is 21.2. The van der Waals surface area contributed by atoms with E-state index >= 15 is 0 Å². The maximum absolute atomic E-state index is 5.83. The molecule has 3 rings (SSSR count). The first-order chi connectivity index (χ1) is 11.2. The van der Waals surface area contributed by atoms with Gasteiger partial charge in [0.2, 0.25) is 0 Å². The molecule has 0 aromatic rings. The Labute approximate surface area is 167 Å². The van der Waals surface area contributed by atoms with Gasteiger partial charge in [0.05, 0.1) is 0 Å². The molecule has 132 valence electrons. The second-order valence-electron chi connectivity index (χ2n) is 6.25. The third kappa shape index (κ3) is 8.10. The summed E-state index contributed by atoms with van der Waals surface area (Å²) >= 11 is 0.561. The molecular weight excluding hydrogens is 405 g/mol. The van der Waals surface area contributed by atoms with Gasteiger partial charge in [-0.15, -0.1) is 0 Å². The van der Waals surface area contributed by atoms with E-state index in [2.05, 4.69) is 45.2 Å². The fourth-order valence-corrected chi connectivity index (χ4v) is 5.15. The molecule has 0 aromatic carbocycles. The number of ether oxygens (including phenoxy) is 1. The van der Waals surface area contributed by atoms with Crippen LogP contribution >= 0.6 is 0 Å². The molecule has 1 aliphatic heterocycles. The first kappa shape index (κ1) is 23.0. The summed E-state index contributed by atoms with van der Waals surface area (Å²) in [6.45, 7) is 3.26. The molecule has 2 aliphatic carbocycles. The maximum atomic E-state index is 5.83. The molecule has 0 unspecified atom stereocenters. The Morgan fingerprint density at radius 3 is 2.29 bits per heavy atom. The van der Waals surface area contributed by atoms with Crippen molar-refractivity contribution in [2.45, 2.75) is 43.7 Å². The van der Waals surface area contributed by atoms with E-state index in [9.17, 15) is 0 Å². The van der Waals surface area contributed by atoms with E-state index in [0.29, 0.717) is 27.1 Å². The zero-order chi connectivity index (χ0) is 16.5. The van der Waals surface area contributed by atoms with Crippen LogP contribution in [0.2, 0.25) is 5.32 Å². The molecule has 10 radical (unpaired) electrons. The van der Waals surface area contributed by atoms with Gasteiger partial charge in [0.25, 0.3) is 0 Å². The third-order valence-electron chi connectivity index (χ3n) is 4.29. The van der Waals surface area contributed by atoms with Crippen LogP contribution in [0.25, 0.3) is 0 Å². The van der Waals surface area contributed by atoms with E-state index in [1.54, 1.807) is 4.82 Å². The molecule has 0 bridgehead atoms. The summed E-state index contributed by atoms with van der Waals surface area (Å²) in [5.41, 5.74) is 0. The molecule has 3 fully saturated rings. The van der Waals surface area contributed by atoms with Crippen molar-refractivity contribution in [3.8, 4) is 0 Å². The Morgan fingerprint density at radius 2 is 1.75 bits per heavy atom.